The van der Waals surface area contributed by atoms with E-state index < -0.39 is 0 Å². The van der Waals surface area contributed by atoms with Gasteiger partial charge in [0.2, 0.25) is 5.91 Å². The van der Waals surface area contributed by atoms with Gasteiger partial charge in [0.15, 0.2) is 0 Å². The molecule has 100 valence electrons. The Morgan fingerprint density at radius 1 is 1.61 bits per heavy atom. The summed E-state index contributed by atoms with van der Waals surface area (Å²) in [4.78, 5) is 13.4. The molecule has 4 heteroatoms. The Morgan fingerprint density at radius 2 is 2.44 bits per heavy atom. The fourth-order valence-electron chi connectivity index (χ4n) is 2.28. The lowest BCUT2D eigenvalue weighted by Crippen LogP contribution is -2.44. The van der Waals surface area contributed by atoms with E-state index in [1.165, 1.54) is 4.88 Å². The number of amides is 1. The predicted octanol–water partition coefficient (Wildman–Crippen LogP) is 2.14. The zero-order chi connectivity index (χ0) is 13.0. The molecule has 0 aliphatic carbocycles. The molecule has 0 unspecified atom stereocenters. The molecule has 2 rings (SSSR count). The lowest BCUT2D eigenvalue weighted by atomic mass is 9.90. The maximum Gasteiger partial charge on any atom is 0.224 e. The zero-order valence-corrected chi connectivity index (χ0v) is 12.0. The van der Waals surface area contributed by atoms with Crippen LogP contribution in [0, 0.1) is 5.92 Å². The van der Waals surface area contributed by atoms with Crippen molar-refractivity contribution in [3.8, 4) is 0 Å². The molecule has 1 amide bonds. The summed E-state index contributed by atoms with van der Waals surface area (Å²) in [5.41, 5.74) is 0.0198. The van der Waals surface area contributed by atoms with Gasteiger partial charge in [-0.15, -0.1) is 11.3 Å². The van der Waals surface area contributed by atoms with Crippen molar-refractivity contribution in [2.75, 3.05) is 19.6 Å². The van der Waals surface area contributed by atoms with Gasteiger partial charge in [0.25, 0.3) is 0 Å². The highest BCUT2D eigenvalue weighted by molar-refractivity contribution is 7.10. The summed E-state index contributed by atoms with van der Waals surface area (Å²) >= 11 is 1.75. The van der Waals surface area contributed by atoms with Gasteiger partial charge in [-0.05, 0) is 30.8 Å². The molecule has 3 nitrogen and oxygen atoms in total. The second kappa shape index (κ2) is 5.85. The number of carbonyl (C=O) groups excluding carboxylic acids is 1. The standard InChI is InChI=1S/C14H22N2OS/c1-14(2,12-6-4-8-18-12)10-16-13(17)11-5-3-7-15-9-11/h4,6,8,11,15H,3,5,7,9-10H2,1-2H3,(H,16,17)/t11-/m1/s1. The van der Waals surface area contributed by atoms with Crippen molar-refractivity contribution in [2.45, 2.75) is 32.1 Å². The Bertz CT molecular complexity index is 381. The van der Waals surface area contributed by atoms with E-state index in [2.05, 4.69) is 42.0 Å². The Kier molecular flexibility index (Phi) is 4.40. The topological polar surface area (TPSA) is 41.1 Å². The highest BCUT2D eigenvalue weighted by Crippen LogP contribution is 2.26. The second-order valence-corrected chi connectivity index (χ2v) is 6.57. The van der Waals surface area contributed by atoms with Gasteiger partial charge < -0.3 is 10.6 Å². The molecule has 1 aromatic heterocycles. The van der Waals surface area contributed by atoms with Crippen molar-refractivity contribution in [1.82, 2.24) is 10.6 Å². The van der Waals surface area contributed by atoms with Crippen molar-refractivity contribution in [1.29, 1.82) is 0 Å². The average molecular weight is 266 g/mol. The lowest BCUT2D eigenvalue weighted by molar-refractivity contribution is -0.125. The van der Waals surface area contributed by atoms with Crippen LogP contribution in [0.25, 0.3) is 0 Å². The third-order valence-corrected chi connectivity index (χ3v) is 4.80. The number of carbonyl (C=O) groups is 1. The van der Waals surface area contributed by atoms with Crippen LogP contribution in [0.15, 0.2) is 17.5 Å². The molecule has 1 saturated heterocycles. The van der Waals surface area contributed by atoms with Crippen molar-refractivity contribution in [3.05, 3.63) is 22.4 Å². The third kappa shape index (κ3) is 3.33. The summed E-state index contributed by atoms with van der Waals surface area (Å²) < 4.78 is 0. The molecule has 2 heterocycles. The van der Waals surface area contributed by atoms with E-state index in [1.807, 2.05) is 0 Å². The van der Waals surface area contributed by atoms with Gasteiger partial charge in [0.1, 0.15) is 0 Å². The van der Waals surface area contributed by atoms with Crippen molar-refractivity contribution < 1.29 is 4.79 Å². The van der Waals surface area contributed by atoms with Gasteiger partial charge in [0.05, 0.1) is 5.92 Å². The molecule has 18 heavy (non-hydrogen) atoms. The van der Waals surface area contributed by atoms with Crippen LogP contribution in [-0.2, 0) is 10.2 Å². The quantitative estimate of drug-likeness (QED) is 0.876. The van der Waals surface area contributed by atoms with Gasteiger partial charge >= 0.3 is 0 Å². The van der Waals surface area contributed by atoms with E-state index in [-0.39, 0.29) is 17.2 Å². The largest absolute Gasteiger partial charge is 0.355 e. The first kappa shape index (κ1) is 13.6. The second-order valence-electron chi connectivity index (χ2n) is 5.62. The van der Waals surface area contributed by atoms with Gasteiger partial charge in [-0.25, -0.2) is 0 Å². The monoisotopic (exact) mass is 266 g/mol. The summed E-state index contributed by atoms with van der Waals surface area (Å²) in [5, 5.41) is 8.48. The number of thiophene rings is 1. The molecule has 0 spiro atoms. The molecule has 0 bridgehead atoms. The van der Waals surface area contributed by atoms with E-state index in [4.69, 9.17) is 0 Å². The molecule has 1 aromatic rings. The maximum absolute atomic E-state index is 12.1. The summed E-state index contributed by atoms with van der Waals surface area (Å²) in [5.74, 6) is 0.352. The van der Waals surface area contributed by atoms with Gasteiger partial charge in [-0.3, -0.25) is 4.79 Å². The number of rotatable bonds is 4. The highest BCUT2D eigenvalue weighted by atomic mass is 32.1. The number of hydrogen-bond acceptors (Lipinski definition) is 3. The first-order valence-electron chi connectivity index (χ1n) is 6.62. The number of nitrogens with one attached hydrogen (secondary N) is 2. The highest BCUT2D eigenvalue weighted by Gasteiger charge is 2.25. The number of piperidine rings is 1. The minimum atomic E-state index is 0.0198. The molecule has 1 aliphatic rings. The first-order chi connectivity index (χ1) is 8.59. The molecule has 1 aliphatic heterocycles. The fourth-order valence-corrected chi connectivity index (χ4v) is 3.13. The first-order valence-corrected chi connectivity index (χ1v) is 7.50. The van der Waals surface area contributed by atoms with E-state index in [1.54, 1.807) is 11.3 Å². The summed E-state index contributed by atoms with van der Waals surface area (Å²) in [6.07, 6.45) is 2.12. The van der Waals surface area contributed by atoms with Crippen LogP contribution in [0.5, 0.6) is 0 Å². The average Bonchev–Trinajstić information content (AvgIpc) is 2.92. The normalized spacial score (nSPS) is 20.7. The minimum Gasteiger partial charge on any atom is -0.355 e. The van der Waals surface area contributed by atoms with Gasteiger partial charge in [-0.2, -0.15) is 0 Å². The van der Waals surface area contributed by atoms with E-state index in [0.29, 0.717) is 6.54 Å². The Labute approximate surface area is 113 Å². The van der Waals surface area contributed by atoms with Gasteiger partial charge in [0, 0.05) is 23.4 Å². The molecule has 2 N–H and O–H groups in total. The molecular weight excluding hydrogens is 244 g/mol. The molecule has 0 radical (unpaired) electrons. The predicted molar refractivity (Wildman–Crippen MR) is 75.9 cm³/mol. The van der Waals surface area contributed by atoms with E-state index in [9.17, 15) is 4.79 Å². The van der Waals surface area contributed by atoms with Crippen LogP contribution in [-0.4, -0.2) is 25.5 Å². The molecule has 0 aromatic carbocycles. The smallest absolute Gasteiger partial charge is 0.224 e. The van der Waals surface area contributed by atoms with Crippen molar-refractivity contribution in [3.63, 3.8) is 0 Å². The Hall–Kier alpha value is -0.870. The van der Waals surface area contributed by atoms with Crippen LogP contribution in [0.2, 0.25) is 0 Å². The van der Waals surface area contributed by atoms with Crippen molar-refractivity contribution >= 4 is 17.2 Å². The Morgan fingerprint density at radius 3 is 3.06 bits per heavy atom. The molecule has 1 atom stereocenters. The molecule has 1 fully saturated rings. The van der Waals surface area contributed by atoms with Crippen LogP contribution in [0.1, 0.15) is 31.6 Å². The van der Waals surface area contributed by atoms with Crippen LogP contribution in [0.4, 0.5) is 0 Å². The van der Waals surface area contributed by atoms with E-state index in [0.717, 1.165) is 25.9 Å². The Balaban J connectivity index is 1.85. The zero-order valence-electron chi connectivity index (χ0n) is 11.2. The minimum absolute atomic E-state index is 0.0198. The SMILES string of the molecule is CC(C)(CNC(=O)[C@@H]1CCCNC1)c1cccs1. The third-order valence-electron chi connectivity index (χ3n) is 3.56. The summed E-state index contributed by atoms with van der Waals surface area (Å²) in [6.45, 7) is 6.94. The maximum atomic E-state index is 12.1. The molecular formula is C14H22N2OS. The lowest BCUT2D eigenvalue weighted by Gasteiger charge is -2.27. The fraction of sp³-hybridized carbons (Fsp3) is 0.643. The van der Waals surface area contributed by atoms with E-state index >= 15 is 0 Å². The van der Waals surface area contributed by atoms with Crippen molar-refractivity contribution in [2.24, 2.45) is 5.92 Å². The summed E-state index contributed by atoms with van der Waals surface area (Å²) in [7, 11) is 0. The van der Waals surface area contributed by atoms with Crippen LogP contribution >= 0.6 is 11.3 Å². The number of hydrogen-bond donors (Lipinski definition) is 2. The molecule has 0 saturated carbocycles. The van der Waals surface area contributed by atoms with Gasteiger partial charge in [-0.1, -0.05) is 19.9 Å². The van der Waals surface area contributed by atoms with Crippen LogP contribution < -0.4 is 10.6 Å². The van der Waals surface area contributed by atoms with Crippen LogP contribution in [0.3, 0.4) is 0 Å². The summed E-state index contributed by atoms with van der Waals surface area (Å²) in [6, 6.07) is 4.20.